The van der Waals surface area contributed by atoms with Crippen LogP contribution in [0.5, 0.6) is 0 Å². The lowest BCUT2D eigenvalue weighted by Gasteiger charge is -2.13. The normalized spacial score (nSPS) is 16.3. The number of aromatic nitrogens is 2. The number of aryl methyl sites for hydroxylation is 1. The fourth-order valence-electron chi connectivity index (χ4n) is 2.83. The second-order valence-corrected chi connectivity index (χ2v) is 8.71. The SMILES string of the molecule is CCCCSc1nc2c(c(=O)n1CCc1ccccc1)S[C@@H](C)C2. The van der Waals surface area contributed by atoms with E-state index in [0.29, 0.717) is 11.8 Å². The largest absolute Gasteiger partial charge is 0.286 e. The molecule has 2 heterocycles. The van der Waals surface area contributed by atoms with Crippen molar-refractivity contribution in [3.8, 4) is 0 Å². The summed E-state index contributed by atoms with van der Waals surface area (Å²) in [5.41, 5.74) is 2.42. The molecule has 1 aliphatic rings. The fraction of sp³-hybridized carbons (Fsp3) is 0.474. The van der Waals surface area contributed by atoms with Crippen molar-refractivity contribution < 1.29 is 0 Å². The van der Waals surface area contributed by atoms with Gasteiger partial charge < -0.3 is 0 Å². The van der Waals surface area contributed by atoms with Crippen LogP contribution in [0.1, 0.15) is 37.9 Å². The average molecular weight is 361 g/mol. The third-order valence-electron chi connectivity index (χ3n) is 4.16. The van der Waals surface area contributed by atoms with Crippen LogP contribution in [0.2, 0.25) is 0 Å². The number of benzene rings is 1. The van der Waals surface area contributed by atoms with Crippen molar-refractivity contribution in [1.29, 1.82) is 0 Å². The number of hydrogen-bond donors (Lipinski definition) is 0. The van der Waals surface area contributed by atoms with E-state index < -0.39 is 0 Å². The number of thioether (sulfide) groups is 2. The Hall–Kier alpha value is -1.20. The lowest BCUT2D eigenvalue weighted by atomic mass is 10.1. The van der Waals surface area contributed by atoms with Crippen LogP contribution in [0.25, 0.3) is 0 Å². The molecule has 0 N–H and O–H groups in total. The van der Waals surface area contributed by atoms with Gasteiger partial charge in [0, 0.05) is 24.0 Å². The number of fused-ring (bicyclic) bond motifs is 1. The van der Waals surface area contributed by atoms with Crippen molar-refractivity contribution in [1.82, 2.24) is 9.55 Å². The zero-order valence-electron chi connectivity index (χ0n) is 14.3. The van der Waals surface area contributed by atoms with E-state index in [1.165, 1.54) is 12.0 Å². The highest BCUT2D eigenvalue weighted by Crippen LogP contribution is 2.34. The molecular formula is C19H24N2OS2. The standard InChI is InChI=1S/C19H24N2OS2/c1-3-4-12-23-19-20-16-13-14(2)24-17(16)18(22)21(19)11-10-15-8-6-5-7-9-15/h5-9,14H,3-4,10-13H2,1-2H3/t14-/m0/s1. The number of rotatable bonds is 7. The molecule has 128 valence electrons. The lowest BCUT2D eigenvalue weighted by Crippen LogP contribution is -2.26. The zero-order chi connectivity index (χ0) is 16.9. The summed E-state index contributed by atoms with van der Waals surface area (Å²) in [4.78, 5) is 18.7. The molecule has 0 amide bonds. The van der Waals surface area contributed by atoms with Crippen LogP contribution in [0.15, 0.2) is 45.2 Å². The van der Waals surface area contributed by atoms with Crippen LogP contribution >= 0.6 is 23.5 Å². The second-order valence-electron chi connectivity index (χ2n) is 6.20. The van der Waals surface area contributed by atoms with Crippen LogP contribution in [0, 0.1) is 0 Å². The van der Waals surface area contributed by atoms with Crippen molar-refractivity contribution in [3.63, 3.8) is 0 Å². The van der Waals surface area contributed by atoms with Gasteiger partial charge in [0.1, 0.15) is 0 Å². The van der Waals surface area contributed by atoms with E-state index in [0.717, 1.165) is 40.8 Å². The summed E-state index contributed by atoms with van der Waals surface area (Å²) in [7, 11) is 0. The topological polar surface area (TPSA) is 34.9 Å². The van der Waals surface area contributed by atoms with E-state index in [1.807, 2.05) is 22.8 Å². The maximum absolute atomic E-state index is 13.0. The molecule has 0 aliphatic carbocycles. The lowest BCUT2D eigenvalue weighted by molar-refractivity contribution is 0.564. The molecule has 3 nitrogen and oxygen atoms in total. The molecule has 0 spiro atoms. The van der Waals surface area contributed by atoms with Crippen LogP contribution in [-0.4, -0.2) is 20.6 Å². The van der Waals surface area contributed by atoms with Gasteiger partial charge in [0.2, 0.25) is 0 Å². The Balaban J connectivity index is 1.87. The first-order valence-corrected chi connectivity index (χ1v) is 10.5. The minimum atomic E-state index is 0.157. The highest BCUT2D eigenvalue weighted by molar-refractivity contribution is 8.00. The monoisotopic (exact) mass is 360 g/mol. The highest BCUT2D eigenvalue weighted by Gasteiger charge is 2.26. The molecule has 3 rings (SSSR count). The van der Waals surface area contributed by atoms with Gasteiger partial charge >= 0.3 is 0 Å². The molecule has 0 bridgehead atoms. The zero-order valence-corrected chi connectivity index (χ0v) is 16.0. The summed E-state index contributed by atoms with van der Waals surface area (Å²) >= 11 is 3.42. The predicted molar refractivity (Wildman–Crippen MR) is 103 cm³/mol. The van der Waals surface area contributed by atoms with Gasteiger partial charge in [-0.25, -0.2) is 4.98 Å². The Morgan fingerprint density at radius 3 is 2.88 bits per heavy atom. The summed E-state index contributed by atoms with van der Waals surface area (Å²) in [5.74, 6) is 1.02. The maximum atomic E-state index is 13.0. The van der Waals surface area contributed by atoms with E-state index in [-0.39, 0.29) is 5.56 Å². The third-order valence-corrected chi connectivity index (χ3v) is 6.44. The average Bonchev–Trinajstić information content (AvgIpc) is 2.96. The van der Waals surface area contributed by atoms with Crippen LogP contribution in [0.4, 0.5) is 0 Å². The van der Waals surface area contributed by atoms with Gasteiger partial charge in [0.05, 0.1) is 10.6 Å². The Labute approximate surface area is 152 Å². The highest BCUT2D eigenvalue weighted by atomic mass is 32.2. The summed E-state index contributed by atoms with van der Waals surface area (Å²) in [6.07, 6.45) is 4.10. The molecule has 1 aliphatic heterocycles. The van der Waals surface area contributed by atoms with Crippen molar-refractivity contribution in [3.05, 3.63) is 51.9 Å². The predicted octanol–water partition coefficient (Wildman–Crippen LogP) is 4.41. The molecule has 5 heteroatoms. The van der Waals surface area contributed by atoms with Crippen LogP contribution in [0.3, 0.4) is 0 Å². The molecule has 0 saturated heterocycles. The van der Waals surface area contributed by atoms with Gasteiger partial charge in [-0.15, -0.1) is 11.8 Å². The van der Waals surface area contributed by atoms with E-state index in [4.69, 9.17) is 4.98 Å². The van der Waals surface area contributed by atoms with Crippen molar-refractivity contribution in [2.24, 2.45) is 0 Å². The molecule has 1 atom stereocenters. The van der Waals surface area contributed by atoms with Crippen molar-refractivity contribution in [2.45, 2.75) is 61.4 Å². The van der Waals surface area contributed by atoms with Gasteiger partial charge in [0.25, 0.3) is 5.56 Å². The van der Waals surface area contributed by atoms with Gasteiger partial charge in [0.15, 0.2) is 5.16 Å². The van der Waals surface area contributed by atoms with Crippen LogP contribution in [-0.2, 0) is 19.4 Å². The van der Waals surface area contributed by atoms with Gasteiger partial charge in [-0.2, -0.15) is 0 Å². The quantitative estimate of drug-likeness (QED) is 0.416. The number of unbranched alkanes of at least 4 members (excludes halogenated alkanes) is 1. The number of nitrogens with zero attached hydrogens (tertiary/aromatic N) is 2. The molecule has 1 aromatic heterocycles. The van der Waals surface area contributed by atoms with Gasteiger partial charge in [-0.1, -0.05) is 62.4 Å². The van der Waals surface area contributed by atoms with Gasteiger partial charge in [-0.3, -0.25) is 9.36 Å². The molecule has 1 aromatic carbocycles. The molecule has 0 fully saturated rings. The molecular weight excluding hydrogens is 336 g/mol. The molecule has 0 unspecified atom stereocenters. The summed E-state index contributed by atoms with van der Waals surface area (Å²) in [5, 5.41) is 1.36. The van der Waals surface area contributed by atoms with E-state index >= 15 is 0 Å². The summed E-state index contributed by atoms with van der Waals surface area (Å²) < 4.78 is 1.90. The summed E-state index contributed by atoms with van der Waals surface area (Å²) in [6.45, 7) is 5.06. The minimum absolute atomic E-state index is 0.157. The first-order chi connectivity index (χ1) is 11.7. The minimum Gasteiger partial charge on any atom is -0.286 e. The molecule has 2 aromatic rings. The Morgan fingerprint density at radius 2 is 2.12 bits per heavy atom. The molecule has 24 heavy (non-hydrogen) atoms. The van der Waals surface area contributed by atoms with Crippen LogP contribution < -0.4 is 5.56 Å². The van der Waals surface area contributed by atoms with E-state index in [9.17, 15) is 4.79 Å². The van der Waals surface area contributed by atoms with E-state index in [1.54, 1.807) is 23.5 Å². The second kappa shape index (κ2) is 8.26. The Kier molecular flexibility index (Phi) is 6.06. The molecule has 0 saturated carbocycles. The smallest absolute Gasteiger partial charge is 0.268 e. The number of hydrogen-bond acceptors (Lipinski definition) is 4. The summed E-state index contributed by atoms with van der Waals surface area (Å²) in [6, 6.07) is 10.4. The fourth-order valence-corrected chi connectivity index (χ4v) is 5.07. The van der Waals surface area contributed by atoms with Crippen molar-refractivity contribution >= 4 is 23.5 Å². The van der Waals surface area contributed by atoms with Crippen molar-refractivity contribution in [2.75, 3.05) is 5.75 Å². The Morgan fingerprint density at radius 1 is 1.33 bits per heavy atom. The molecule has 0 radical (unpaired) electrons. The Bertz CT molecular complexity index is 743. The maximum Gasteiger partial charge on any atom is 0.268 e. The first-order valence-electron chi connectivity index (χ1n) is 8.66. The van der Waals surface area contributed by atoms with E-state index in [2.05, 4.69) is 26.0 Å². The third kappa shape index (κ3) is 4.06. The first kappa shape index (κ1) is 17.6. The van der Waals surface area contributed by atoms with Gasteiger partial charge in [-0.05, 0) is 18.4 Å².